The molecule has 0 fully saturated rings. The molecule has 1 aromatic heterocycles. The minimum absolute atomic E-state index is 0.0475. The SMILES string of the molecule is O=C(NC(Cc1ccccc1)C(=O)NNC(=O)c1ccccc1F)c1ccco1. The van der Waals surface area contributed by atoms with Crippen molar-refractivity contribution in [2.75, 3.05) is 0 Å². The summed E-state index contributed by atoms with van der Waals surface area (Å²) < 4.78 is 18.7. The number of benzene rings is 2. The zero-order valence-corrected chi connectivity index (χ0v) is 15.2. The highest BCUT2D eigenvalue weighted by Gasteiger charge is 2.24. The minimum atomic E-state index is -1.00. The van der Waals surface area contributed by atoms with E-state index in [1.807, 2.05) is 6.07 Å². The molecule has 148 valence electrons. The smallest absolute Gasteiger partial charge is 0.287 e. The first-order chi connectivity index (χ1) is 14.0. The lowest BCUT2D eigenvalue weighted by molar-refractivity contribution is -0.123. The molecule has 0 saturated carbocycles. The first-order valence-electron chi connectivity index (χ1n) is 8.77. The summed E-state index contributed by atoms with van der Waals surface area (Å²) in [5.41, 5.74) is 4.97. The van der Waals surface area contributed by atoms with Gasteiger partial charge in [-0.05, 0) is 29.8 Å². The first kappa shape index (κ1) is 19.8. The van der Waals surface area contributed by atoms with E-state index in [-0.39, 0.29) is 17.7 Å². The Morgan fingerprint density at radius 3 is 2.28 bits per heavy atom. The number of hydrogen-bond acceptors (Lipinski definition) is 4. The number of carbonyl (C=O) groups is 3. The van der Waals surface area contributed by atoms with Gasteiger partial charge in [-0.15, -0.1) is 0 Å². The lowest BCUT2D eigenvalue weighted by Crippen LogP contribution is -2.53. The molecule has 3 aromatic rings. The summed E-state index contributed by atoms with van der Waals surface area (Å²) in [6, 6.07) is 16.4. The highest BCUT2D eigenvalue weighted by molar-refractivity contribution is 5.98. The molecule has 29 heavy (non-hydrogen) atoms. The van der Waals surface area contributed by atoms with E-state index in [1.54, 1.807) is 30.3 Å². The van der Waals surface area contributed by atoms with Gasteiger partial charge in [0.2, 0.25) is 0 Å². The second-order valence-electron chi connectivity index (χ2n) is 6.12. The average Bonchev–Trinajstić information content (AvgIpc) is 3.27. The Bertz CT molecular complexity index is 990. The van der Waals surface area contributed by atoms with Crippen LogP contribution in [-0.4, -0.2) is 23.8 Å². The van der Waals surface area contributed by atoms with E-state index in [2.05, 4.69) is 16.2 Å². The standard InChI is InChI=1S/C21H18FN3O4/c22-16-10-5-4-9-15(16)19(26)24-25-20(27)17(13-14-7-2-1-3-8-14)23-21(28)18-11-6-12-29-18/h1-12,17H,13H2,(H,23,28)(H,24,26)(H,25,27). The van der Waals surface area contributed by atoms with Crippen molar-refractivity contribution in [3.8, 4) is 0 Å². The van der Waals surface area contributed by atoms with Gasteiger partial charge in [-0.2, -0.15) is 0 Å². The first-order valence-corrected chi connectivity index (χ1v) is 8.77. The molecule has 1 heterocycles. The normalized spacial score (nSPS) is 11.3. The summed E-state index contributed by atoms with van der Waals surface area (Å²) in [4.78, 5) is 37.0. The molecule has 0 spiro atoms. The second kappa shape index (κ2) is 9.32. The Labute approximate surface area is 165 Å². The Hall–Kier alpha value is -3.94. The van der Waals surface area contributed by atoms with Gasteiger partial charge in [-0.25, -0.2) is 4.39 Å². The number of halogens is 1. The minimum Gasteiger partial charge on any atom is -0.459 e. The maximum Gasteiger partial charge on any atom is 0.287 e. The van der Waals surface area contributed by atoms with E-state index < -0.39 is 29.6 Å². The van der Waals surface area contributed by atoms with Crippen molar-refractivity contribution < 1.29 is 23.2 Å². The molecule has 7 nitrogen and oxygen atoms in total. The summed E-state index contributed by atoms with van der Waals surface area (Å²) >= 11 is 0. The zero-order valence-electron chi connectivity index (χ0n) is 15.2. The van der Waals surface area contributed by atoms with E-state index >= 15 is 0 Å². The summed E-state index contributed by atoms with van der Waals surface area (Å²) in [7, 11) is 0. The van der Waals surface area contributed by atoms with Crippen molar-refractivity contribution in [3.05, 3.63) is 95.7 Å². The fraction of sp³-hybridized carbons (Fsp3) is 0.0952. The highest BCUT2D eigenvalue weighted by Crippen LogP contribution is 2.07. The molecule has 0 radical (unpaired) electrons. The van der Waals surface area contributed by atoms with E-state index in [0.29, 0.717) is 0 Å². The van der Waals surface area contributed by atoms with Gasteiger partial charge in [0, 0.05) is 6.42 Å². The predicted octanol–water partition coefficient (Wildman–Crippen LogP) is 2.22. The molecule has 0 aliphatic rings. The molecule has 0 bridgehead atoms. The Morgan fingerprint density at radius 2 is 1.59 bits per heavy atom. The molecule has 0 aliphatic heterocycles. The number of carbonyl (C=O) groups excluding carboxylic acids is 3. The molecule has 1 unspecified atom stereocenters. The van der Waals surface area contributed by atoms with E-state index in [0.717, 1.165) is 11.6 Å². The Balaban J connectivity index is 1.68. The molecule has 0 aliphatic carbocycles. The number of hydrogen-bond donors (Lipinski definition) is 3. The fourth-order valence-corrected chi connectivity index (χ4v) is 2.61. The summed E-state index contributed by atoms with van der Waals surface area (Å²) in [5.74, 6) is -2.73. The number of rotatable bonds is 6. The molecular formula is C21H18FN3O4. The quantitative estimate of drug-likeness (QED) is 0.557. The van der Waals surface area contributed by atoms with Gasteiger partial charge < -0.3 is 9.73 Å². The van der Waals surface area contributed by atoms with E-state index in [1.165, 1.54) is 30.5 Å². The van der Waals surface area contributed by atoms with Crippen molar-refractivity contribution in [2.24, 2.45) is 0 Å². The molecular weight excluding hydrogens is 377 g/mol. The van der Waals surface area contributed by atoms with Crippen LogP contribution in [0.25, 0.3) is 0 Å². The van der Waals surface area contributed by atoms with Gasteiger partial charge >= 0.3 is 0 Å². The molecule has 8 heteroatoms. The fourth-order valence-electron chi connectivity index (χ4n) is 2.61. The second-order valence-corrected chi connectivity index (χ2v) is 6.12. The summed E-state index contributed by atoms with van der Waals surface area (Å²) in [6.45, 7) is 0. The summed E-state index contributed by atoms with van der Waals surface area (Å²) in [5, 5.41) is 2.57. The van der Waals surface area contributed by atoms with Crippen LogP contribution in [0.3, 0.4) is 0 Å². The van der Waals surface area contributed by atoms with Gasteiger partial charge in [-0.3, -0.25) is 25.2 Å². The van der Waals surface area contributed by atoms with E-state index in [9.17, 15) is 18.8 Å². The van der Waals surface area contributed by atoms with Crippen LogP contribution in [0.4, 0.5) is 4.39 Å². The number of hydrazine groups is 1. The van der Waals surface area contributed by atoms with Gasteiger partial charge in [0.1, 0.15) is 11.9 Å². The van der Waals surface area contributed by atoms with Crippen LogP contribution in [0.15, 0.2) is 77.4 Å². The van der Waals surface area contributed by atoms with Gasteiger partial charge in [0.25, 0.3) is 17.7 Å². The number of amides is 3. The maximum absolute atomic E-state index is 13.7. The highest BCUT2D eigenvalue weighted by atomic mass is 19.1. The predicted molar refractivity (Wildman–Crippen MR) is 102 cm³/mol. The van der Waals surface area contributed by atoms with Crippen LogP contribution in [0, 0.1) is 5.82 Å². The maximum atomic E-state index is 13.7. The van der Waals surface area contributed by atoms with Gasteiger partial charge in [0.15, 0.2) is 5.76 Å². The molecule has 2 aromatic carbocycles. The zero-order chi connectivity index (χ0) is 20.6. The largest absolute Gasteiger partial charge is 0.459 e. The molecule has 3 amide bonds. The third-order valence-corrected chi connectivity index (χ3v) is 4.07. The van der Waals surface area contributed by atoms with Gasteiger partial charge in [0.05, 0.1) is 11.8 Å². The van der Waals surface area contributed by atoms with Crippen LogP contribution in [-0.2, 0) is 11.2 Å². The van der Waals surface area contributed by atoms with Crippen LogP contribution in [0.2, 0.25) is 0 Å². The third-order valence-electron chi connectivity index (χ3n) is 4.07. The lowest BCUT2D eigenvalue weighted by atomic mass is 10.1. The summed E-state index contributed by atoms with van der Waals surface area (Å²) in [6.07, 6.45) is 1.52. The molecule has 0 saturated heterocycles. The number of nitrogens with one attached hydrogen (secondary N) is 3. The average molecular weight is 395 g/mol. The van der Waals surface area contributed by atoms with Gasteiger partial charge in [-0.1, -0.05) is 42.5 Å². The molecule has 3 rings (SSSR count). The van der Waals surface area contributed by atoms with Crippen LogP contribution in [0.1, 0.15) is 26.5 Å². The van der Waals surface area contributed by atoms with Crippen molar-refractivity contribution in [3.63, 3.8) is 0 Å². The van der Waals surface area contributed by atoms with Crippen molar-refractivity contribution >= 4 is 17.7 Å². The Morgan fingerprint density at radius 1 is 0.862 bits per heavy atom. The van der Waals surface area contributed by atoms with Crippen LogP contribution < -0.4 is 16.2 Å². The van der Waals surface area contributed by atoms with Crippen molar-refractivity contribution in [2.45, 2.75) is 12.5 Å². The lowest BCUT2D eigenvalue weighted by Gasteiger charge is -2.18. The third kappa shape index (κ3) is 5.29. The van der Waals surface area contributed by atoms with Crippen LogP contribution >= 0.6 is 0 Å². The monoisotopic (exact) mass is 395 g/mol. The molecule has 3 N–H and O–H groups in total. The topological polar surface area (TPSA) is 100 Å². The van der Waals surface area contributed by atoms with Crippen molar-refractivity contribution in [1.82, 2.24) is 16.2 Å². The Kier molecular flexibility index (Phi) is 6.36. The van der Waals surface area contributed by atoms with Crippen LogP contribution in [0.5, 0.6) is 0 Å². The van der Waals surface area contributed by atoms with E-state index in [4.69, 9.17) is 4.42 Å². The van der Waals surface area contributed by atoms with Crippen molar-refractivity contribution in [1.29, 1.82) is 0 Å². The molecule has 1 atom stereocenters. The number of furan rings is 1.